The third-order valence-corrected chi connectivity index (χ3v) is 7.03. The predicted molar refractivity (Wildman–Crippen MR) is 121 cm³/mol. The van der Waals surface area contributed by atoms with Crippen molar-refractivity contribution in [3.05, 3.63) is 53.9 Å². The van der Waals surface area contributed by atoms with Gasteiger partial charge in [-0.2, -0.15) is 16.8 Å². The molecule has 1 aliphatic carbocycles. The largest absolute Gasteiger partial charge is 0.343 e. The summed E-state index contributed by atoms with van der Waals surface area (Å²) in [6, 6.07) is 5.80. The number of hydrogen-bond donors (Lipinski definition) is 0. The Morgan fingerprint density at radius 1 is 1.23 bits per heavy atom. The van der Waals surface area contributed by atoms with E-state index in [2.05, 4.69) is 15.0 Å². The van der Waals surface area contributed by atoms with Gasteiger partial charge in [0, 0.05) is 36.7 Å². The average molecular weight is 423 g/mol. The fraction of sp³-hybridized carbons (Fsp3) is 0.435. The van der Waals surface area contributed by atoms with Gasteiger partial charge in [-0.15, -0.1) is 0 Å². The van der Waals surface area contributed by atoms with Crippen molar-refractivity contribution < 1.29 is 9.59 Å². The van der Waals surface area contributed by atoms with Crippen LogP contribution in [0.25, 0.3) is 0 Å². The normalized spacial score (nSPS) is 21.6. The Morgan fingerprint density at radius 3 is 2.83 bits per heavy atom. The van der Waals surface area contributed by atoms with Crippen LogP contribution in [0.3, 0.4) is 0 Å². The third kappa shape index (κ3) is 4.95. The maximum atomic E-state index is 12.5. The molecule has 3 heterocycles. The number of likely N-dealkylation sites (tertiary alicyclic amines) is 1. The molecule has 0 saturated carbocycles. The minimum Gasteiger partial charge on any atom is -0.343 e. The fourth-order valence-corrected chi connectivity index (χ4v) is 4.98. The molecule has 6 nitrogen and oxygen atoms in total. The number of thioether (sulfide) groups is 1. The molecule has 30 heavy (non-hydrogen) atoms. The summed E-state index contributed by atoms with van der Waals surface area (Å²) in [5.74, 6) is 1.03. The van der Waals surface area contributed by atoms with Gasteiger partial charge in [-0.1, -0.05) is 24.3 Å². The molecule has 2 amide bonds. The first-order valence-corrected chi connectivity index (χ1v) is 11.5. The number of aryl methyl sites for hydroxylation is 1. The van der Waals surface area contributed by atoms with E-state index in [0.29, 0.717) is 29.7 Å². The summed E-state index contributed by atoms with van der Waals surface area (Å²) in [7, 11) is 0. The number of carbonyl (C=O) groups excluding carboxylic acids is 2. The monoisotopic (exact) mass is 422 g/mol. The number of pyridine rings is 1. The molecule has 1 atom stereocenters. The van der Waals surface area contributed by atoms with Crippen LogP contribution in [0, 0.1) is 5.92 Å². The van der Waals surface area contributed by atoms with E-state index in [1.54, 1.807) is 18.0 Å². The van der Waals surface area contributed by atoms with Crippen LogP contribution in [-0.2, 0) is 16.0 Å². The van der Waals surface area contributed by atoms with Crippen molar-refractivity contribution in [2.75, 3.05) is 18.8 Å². The van der Waals surface area contributed by atoms with Crippen LogP contribution in [-0.4, -0.2) is 57.3 Å². The lowest BCUT2D eigenvalue weighted by Crippen LogP contribution is -2.39. The SMILES string of the molecule is CC1=CC=CC2C(=O)N=C(CSC3CCN(C(=O)CCc4ccccn4)CC3)N=C12. The number of amides is 2. The van der Waals surface area contributed by atoms with E-state index in [1.807, 2.05) is 48.3 Å². The van der Waals surface area contributed by atoms with Crippen molar-refractivity contribution in [1.82, 2.24) is 9.88 Å². The van der Waals surface area contributed by atoms with Gasteiger partial charge in [-0.25, -0.2) is 4.99 Å². The van der Waals surface area contributed by atoms with Gasteiger partial charge in [0.25, 0.3) is 5.91 Å². The molecule has 3 aliphatic rings. The molecule has 4 rings (SSSR count). The summed E-state index contributed by atoms with van der Waals surface area (Å²) in [6.07, 6.45) is 10.6. The quantitative estimate of drug-likeness (QED) is 0.705. The number of amidine groups is 1. The first-order valence-electron chi connectivity index (χ1n) is 10.4. The van der Waals surface area contributed by atoms with Crippen LogP contribution in [0.1, 0.15) is 31.9 Å². The number of rotatable bonds is 6. The van der Waals surface area contributed by atoms with Crippen LogP contribution in [0.4, 0.5) is 0 Å². The first-order chi connectivity index (χ1) is 14.6. The molecule has 1 aromatic rings. The smallest absolute Gasteiger partial charge is 0.260 e. The molecule has 1 aromatic heterocycles. The zero-order valence-electron chi connectivity index (χ0n) is 17.2. The van der Waals surface area contributed by atoms with Crippen molar-refractivity contribution in [3.8, 4) is 0 Å². The second-order valence-corrected chi connectivity index (χ2v) is 9.08. The summed E-state index contributed by atoms with van der Waals surface area (Å²) >= 11 is 1.79. The van der Waals surface area contributed by atoms with Crippen molar-refractivity contribution in [1.29, 1.82) is 0 Å². The number of fused-ring (bicyclic) bond motifs is 1. The molecule has 1 unspecified atom stereocenters. The molecule has 1 saturated heterocycles. The van der Waals surface area contributed by atoms with E-state index in [1.165, 1.54) is 0 Å². The Labute approximate surface area is 181 Å². The van der Waals surface area contributed by atoms with Gasteiger partial charge in [0.1, 0.15) is 11.8 Å². The van der Waals surface area contributed by atoms with Crippen molar-refractivity contribution in [2.24, 2.45) is 15.9 Å². The number of aromatic nitrogens is 1. The standard InChI is InChI=1S/C23H26N4O2S/c1-16-5-4-7-19-22(16)25-20(26-23(19)29)15-30-18-10-13-27(14-11-18)21(28)9-8-17-6-2-3-12-24-17/h2-7,12,18-19H,8-11,13-15H2,1H3. The Kier molecular flexibility index (Phi) is 6.57. The lowest BCUT2D eigenvalue weighted by molar-refractivity contribution is -0.132. The minimum atomic E-state index is -0.316. The molecular weight excluding hydrogens is 396 g/mol. The van der Waals surface area contributed by atoms with E-state index in [-0.39, 0.29) is 17.7 Å². The first kappa shape index (κ1) is 20.7. The number of allylic oxidation sites excluding steroid dienone is 3. The molecular formula is C23H26N4O2S. The van der Waals surface area contributed by atoms with E-state index >= 15 is 0 Å². The van der Waals surface area contributed by atoms with Gasteiger partial charge in [0.05, 0.1) is 11.5 Å². The van der Waals surface area contributed by atoms with Gasteiger partial charge in [-0.05, 0) is 43.9 Å². The topological polar surface area (TPSA) is 75.0 Å². The van der Waals surface area contributed by atoms with Crippen molar-refractivity contribution >= 4 is 35.1 Å². The zero-order chi connectivity index (χ0) is 20.9. The highest BCUT2D eigenvalue weighted by Gasteiger charge is 2.29. The third-order valence-electron chi connectivity index (χ3n) is 5.67. The van der Waals surface area contributed by atoms with Crippen LogP contribution < -0.4 is 0 Å². The van der Waals surface area contributed by atoms with E-state index < -0.39 is 0 Å². The Balaban J connectivity index is 1.23. The minimum absolute atomic E-state index is 0.118. The van der Waals surface area contributed by atoms with Crippen LogP contribution in [0.2, 0.25) is 0 Å². The van der Waals surface area contributed by atoms with Gasteiger partial charge < -0.3 is 4.90 Å². The Bertz CT molecular complexity index is 928. The van der Waals surface area contributed by atoms with Crippen molar-refractivity contribution in [3.63, 3.8) is 0 Å². The summed E-state index contributed by atoms with van der Waals surface area (Å²) < 4.78 is 0. The Morgan fingerprint density at radius 2 is 2.07 bits per heavy atom. The number of hydrogen-bond acceptors (Lipinski definition) is 5. The number of carbonyl (C=O) groups is 2. The van der Waals surface area contributed by atoms with Gasteiger partial charge in [0.15, 0.2) is 0 Å². The summed E-state index contributed by atoms with van der Waals surface area (Å²) in [4.78, 5) is 39.9. The van der Waals surface area contributed by atoms with Gasteiger partial charge in [0.2, 0.25) is 5.91 Å². The van der Waals surface area contributed by atoms with E-state index in [9.17, 15) is 9.59 Å². The highest BCUT2D eigenvalue weighted by atomic mass is 32.2. The lowest BCUT2D eigenvalue weighted by Gasteiger charge is -2.32. The molecule has 0 N–H and O–H groups in total. The van der Waals surface area contributed by atoms with Crippen LogP contribution in [0.5, 0.6) is 0 Å². The summed E-state index contributed by atoms with van der Waals surface area (Å²) in [5.41, 5.74) is 2.83. The second kappa shape index (κ2) is 9.51. The van der Waals surface area contributed by atoms with Gasteiger partial charge >= 0.3 is 0 Å². The number of aliphatic imine (C=N–C) groups is 2. The maximum Gasteiger partial charge on any atom is 0.260 e. The molecule has 0 bridgehead atoms. The molecule has 7 heteroatoms. The molecule has 2 aliphatic heterocycles. The highest BCUT2D eigenvalue weighted by molar-refractivity contribution is 8.00. The van der Waals surface area contributed by atoms with E-state index in [0.717, 1.165) is 42.9 Å². The molecule has 0 aromatic carbocycles. The average Bonchev–Trinajstić information content (AvgIpc) is 2.78. The number of piperidine rings is 1. The zero-order valence-corrected chi connectivity index (χ0v) is 18.0. The van der Waals surface area contributed by atoms with Gasteiger partial charge in [-0.3, -0.25) is 14.6 Å². The fourth-order valence-electron chi connectivity index (χ4n) is 3.92. The molecule has 1 fully saturated rings. The molecule has 0 radical (unpaired) electrons. The second-order valence-electron chi connectivity index (χ2n) is 7.79. The summed E-state index contributed by atoms with van der Waals surface area (Å²) in [5, 5.41) is 0.462. The molecule has 0 spiro atoms. The Hall–Kier alpha value is -2.54. The lowest BCUT2D eigenvalue weighted by atomic mass is 9.91. The summed E-state index contributed by atoms with van der Waals surface area (Å²) in [6.45, 7) is 3.56. The van der Waals surface area contributed by atoms with Crippen LogP contribution in [0.15, 0.2) is 58.2 Å². The van der Waals surface area contributed by atoms with Crippen molar-refractivity contribution in [2.45, 2.75) is 37.9 Å². The maximum absolute atomic E-state index is 12.5. The number of nitrogens with zero attached hydrogens (tertiary/aromatic N) is 4. The molecule has 156 valence electrons. The van der Waals surface area contributed by atoms with E-state index in [4.69, 9.17) is 0 Å². The van der Waals surface area contributed by atoms with Crippen LogP contribution >= 0.6 is 11.8 Å². The highest BCUT2D eigenvalue weighted by Crippen LogP contribution is 2.26. The predicted octanol–water partition coefficient (Wildman–Crippen LogP) is 3.25.